The zero-order valence-electron chi connectivity index (χ0n) is 17.4. The molecule has 1 aliphatic heterocycles. The quantitative estimate of drug-likeness (QED) is 0.343. The van der Waals surface area contributed by atoms with Crippen LogP contribution in [0.5, 0.6) is 0 Å². The zero-order chi connectivity index (χ0) is 22.3. The smallest absolute Gasteiger partial charge is 0.333 e. The van der Waals surface area contributed by atoms with Crippen LogP contribution in [0, 0.1) is 11.5 Å². The van der Waals surface area contributed by atoms with E-state index >= 15 is 0 Å². The molecule has 1 N–H and O–H groups in total. The number of benzene rings is 1. The van der Waals surface area contributed by atoms with Gasteiger partial charge in [-0.3, -0.25) is 0 Å². The van der Waals surface area contributed by atoms with Crippen molar-refractivity contribution in [2.24, 2.45) is 4.99 Å². The van der Waals surface area contributed by atoms with E-state index in [1.54, 1.807) is 29.3 Å². The van der Waals surface area contributed by atoms with Crippen LogP contribution in [-0.4, -0.2) is 59.8 Å². The van der Waals surface area contributed by atoms with E-state index in [9.17, 15) is 13.6 Å². The van der Waals surface area contributed by atoms with E-state index in [1.807, 2.05) is 18.0 Å². The van der Waals surface area contributed by atoms with Gasteiger partial charge in [0.1, 0.15) is 0 Å². The Labute approximate surface area is 175 Å². The summed E-state index contributed by atoms with van der Waals surface area (Å²) in [6, 6.07) is 5.54. The number of hydrogen-bond donors (Lipinski definition) is 1. The Kier molecular flexibility index (Phi) is 7.53. The number of hydrogen-bond acceptors (Lipinski definition) is 4. The monoisotopic (exact) mass is 416 g/mol. The Bertz CT molecular complexity index is 859. The minimum Gasteiger partial charge on any atom is -0.353 e. The van der Waals surface area contributed by atoms with Crippen LogP contribution >= 0.6 is 0 Å². The first kappa shape index (κ1) is 22.9. The molecule has 0 unspecified atom stereocenters. The Morgan fingerprint density at radius 3 is 2.33 bits per heavy atom. The fraction of sp³-hybridized carbons (Fsp3) is 0.381. The molecule has 30 heavy (non-hydrogen) atoms. The average Bonchev–Trinajstić information content (AvgIpc) is 2.73. The van der Waals surface area contributed by atoms with Crippen LogP contribution in [0.2, 0.25) is 0 Å². The second kappa shape index (κ2) is 9.87. The minimum absolute atomic E-state index is 0.0652. The van der Waals surface area contributed by atoms with Crippen molar-refractivity contribution in [3.8, 4) is 6.19 Å². The molecule has 1 aliphatic rings. The first-order chi connectivity index (χ1) is 14.2. The van der Waals surface area contributed by atoms with Gasteiger partial charge in [-0.05, 0) is 19.1 Å². The fourth-order valence-corrected chi connectivity index (χ4v) is 2.94. The number of alkyl halides is 2. The summed E-state index contributed by atoms with van der Waals surface area (Å²) >= 11 is 0. The van der Waals surface area contributed by atoms with Crippen molar-refractivity contribution in [2.45, 2.75) is 19.8 Å². The van der Waals surface area contributed by atoms with Gasteiger partial charge in [-0.25, -0.2) is 23.5 Å². The number of allylic oxidation sites excluding steroid dienone is 1. The van der Waals surface area contributed by atoms with Crippen LogP contribution in [0.25, 0.3) is 0 Å². The van der Waals surface area contributed by atoms with Crippen LogP contribution in [0.3, 0.4) is 0 Å². The molecule has 0 radical (unpaired) electrons. The van der Waals surface area contributed by atoms with E-state index in [4.69, 9.17) is 5.26 Å². The largest absolute Gasteiger partial charge is 0.353 e. The Morgan fingerprint density at radius 2 is 1.83 bits per heavy atom. The number of nitrogens with zero attached hydrogens (tertiary/aromatic N) is 5. The van der Waals surface area contributed by atoms with Gasteiger partial charge in [0.15, 0.2) is 12.0 Å². The van der Waals surface area contributed by atoms with Crippen molar-refractivity contribution in [1.82, 2.24) is 14.7 Å². The van der Waals surface area contributed by atoms with Gasteiger partial charge in [0.25, 0.3) is 5.92 Å². The number of amides is 2. The van der Waals surface area contributed by atoms with Gasteiger partial charge in [0, 0.05) is 57.6 Å². The number of piperazine rings is 1. The lowest BCUT2D eigenvalue weighted by Crippen LogP contribution is -2.53. The Morgan fingerprint density at radius 1 is 1.27 bits per heavy atom. The van der Waals surface area contributed by atoms with Crippen LogP contribution < -0.4 is 5.32 Å². The normalized spacial score (nSPS) is 15.1. The summed E-state index contributed by atoms with van der Waals surface area (Å²) in [6.07, 6.45) is 5.23. The molecule has 1 fully saturated rings. The molecule has 1 heterocycles. The molecule has 0 saturated carbocycles. The van der Waals surface area contributed by atoms with E-state index in [0.29, 0.717) is 43.4 Å². The third kappa shape index (κ3) is 5.80. The van der Waals surface area contributed by atoms with Crippen molar-refractivity contribution < 1.29 is 13.6 Å². The predicted molar refractivity (Wildman–Crippen MR) is 113 cm³/mol. The summed E-state index contributed by atoms with van der Waals surface area (Å²) in [5.74, 6) is -2.30. The highest BCUT2D eigenvalue weighted by atomic mass is 19.3. The third-order valence-corrected chi connectivity index (χ3v) is 4.59. The van der Waals surface area contributed by atoms with Gasteiger partial charge in [0.2, 0.25) is 0 Å². The molecule has 1 saturated heterocycles. The number of rotatable bonds is 5. The van der Waals surface area contributed by atoms with Crippen molar-refractivity contribution in [1.29, 1.82) is 5.26 Å². The van der Waals surface area contributed by atoms with Gasteiger partial charge in [-0.1, -0.05) is 24.8 Å². The maximum atomic E-state index is 13.4. The summed E-state index contributed by atoms with van der Waals surface area (Å²) in [5, 5.41) is 12.0. The van der Waals surface area contributed by atoms with Crippen LogP contribution in [-0.2, 0) is 5.92 Å². The topological polar surface area (TPSA) is 75.0 Å². The van der Waals surface area contributed by atoms with Gasteiger partial charge in [0.05, 0.1) is 5.70 Å². The lowest BCUT2D eigenvalue weighted by molar-refractivity contribution is 0.0175. The van der Waals surface area contributed by atoms with E-state index in [2.05, 4.69) is 16.9 Å². The van der Waals surface area contributed by atoms with Crippen molar-refractivity contribution in [3.63, 3.8) is 0 Å². The maximum Gasteiger partial charge on any atom is 0.333 e. The van der Waals surface area contributed by atoms with Gasteiger partial charge < -0.3 is 15.1 Å². The molecule has 160 valence electrons. The minimum atomic E-state index is -2.90. The number of carbonyl (C=O) groups excluding carboxylic acids is 1. The number of amidine groups is 1. The number of nitriles is 1. The van der Waals surface area contributed by atoms with Gasteiger partial charge in [-0.15, -0.1) is 0 Å². The molecule has 0 aromatic heterocycles. The van der Waals surface area contributed by atoms with E-state index in [-0.39, 0.29) is 11.6 Å². The molecule has 9 heteroatoms. The standard InChI is InChI=1S/C21H26F2N6O/c1-5-10-25-19(28-11-13-29(14-12-28)20(30)27(4)15-24)16(2)26-18-8-6-17(7-9-18)21(3,22)23/h5-10,26H,2,11-14H2,1,3-4H3/b10-5-,25-19+. The third-order valence-electron chi connectivity index (χ3n) is 4.59. The maximum absolute atomic E-state index is 13.4. The summed E-state index contributed by atoms with van der Waals surface area (Å²) in [6.45, 7) is 8.66. The molecular formula is C21H26F2N6O. The number of anilines is 1. The van der Waals surface area contributed by atoms with E-state index in [1.165, 1.54) is 19.2 Å². The molecule has 1 aromatic rings. The highest BCUT2D eigenvalue weighted by molar-refractivity contribution is 6.00. The van der Waals surface area contributed by atoms with Crippen LogP contribution in [0.1, 0.15) is 19.4 Å². The second-order valence-electron chi connectivity index (χ2n) is 6.92. The SMILES string of the molecule is C=C(Nc1ccc(C(C)(F)F)cc1)/C(=N\C=C/C)N1CCN(C(=O)N(C)C#N)CC1. The molecule has 0 bridgehead atoms. The summed E-state index contributed by atoms with van der Waals surface area (Å²) in [7, 11) is 1.43. The highest BCUT2D eigenvalue weighted by Crippen LogP contribution is 2.28. The van der Waals surface area contributed by atoms with Crippen LogP contribution in [0.15, 0.2) is 53.8 Å². The van der Waals surface area contributed by atoms with Crippen LogP contribution in [0.4, 0.5) is 19.3 Å². The number of nitrogens with one attached hydrogen (secondary N) is 1. The van der Waals surface area contributed by atoms with E-state index < -0.39 is 5.92 Å². The fourth-order valence-electron chi connectivity index (χ4n) is 2.94. The molecule has 2 rings (SSSR count). The molecule has 2 amide bonds. The first-order valence-corrected chi connectivity index (χ1v) is 9.48. The zero-order valence-corrected chi connectivity index (χ0v) is 17.4. The summed E-state index contributed by atoms with van der Waals surface area (Å²) < 4.78 is 26.8. The average molecular weight is 416 g/mol. The highest BCUT2D eigenvalue weighted by Gasteiger charge is 2.26. The van der Waals surface area contributed by atoms with E-state index in [0.717, 1.165) is 11.8 Å². The lowest BCUT2D eigenvalue weighted by atomic mass is 10.1. The Hall–Kier alpha value is -3.41. The van der Waals surface area contributed by atoms with Gasteiger partial charge in [-0.2, -0.15) is 5.26 Å². The molecular weight excluding hydrogens is 390 g/mol. The second-order valence-corrected chi connectivity index (χ2v) is 6.92. The van der Waals surface area contributed by atoms with Crippen molar-refractivity contribution in [3.05, 3.63) is 54.4 Å². The van der Waals surface area contributed by atoms with Crippen molar-refractivity contribution >= 4 is 17.6 Å². The lowest BCUT2D eigenvalue weighted by Gasteiger charge is -2.37. The summed E-state index contributed by atoms with van der Waals surface area (Å²) in [5.41, 5.74) is 1.06. The first-order valence-electron chi connectivity index (χ1n) is 9.48. The molecule has 0 aliphatic carbocycles. The number of urea groups is 1. The Balaban J connectivity index is 2.08. The molecule has 0 spiro atoms. The number of aliphatic imine (C=N–C) groups is 1. The van der Waals surface area contributed by atoms with Crippen molar-refractivity contribution in [2.75, 3.05) is 38.5 Å². The number of halogens is 2. The predicted octanol–water partition coefficient (Wildman–Crippen LogP) is 3.81. The molecule has 7 nitrogen and oxygen atoms in total. The van der Waals surface area contributed by atoms with Gasteiger partial charge >= 0.3 is 6.03 Å². The molecule has 0 atom stereocenters. The molecule has 1 aromatic carbocycles. The number of carbonyl (C=O) groups is 1. The summed E-state index contributed by atoms with van der Waals surface area (Å²) in [4.78, 5) is 21.2.